The average Bonchev–Trinajstić information content (AvgIpc) is 3.58. The van der Waals surface area contributed by atoms with Crippen LogP contribution in [0, 0.1) is 11.7 Å². The van der Waals surface area contributed by atoms with Crippen molar-refractivity contribution in [3.63, 3.8) is 0 Å². The molecule has 4 rings (SSSR count). The fraction of sp³-hybridized carbons (Fsp3) is 0.417. The molecule has 0 unspecified atom stereocenters. The van der Waals surface area contributed by atoms with Crippen LogP contribution in [-0.2, 0) is 11.2 Å². The molecule has 1 atom stereocenters. The van der Waals surface area contributed by atoms with Gasteiger partial charge in [-0.15, -0.1) is 0 Å². The summed E-state index contributed by atoms with van der Waals surface area (Å²) in [6.07, 6.45) is 4.39. The lowest BCUT2D eigenvalue weighted by Gasteiger charge is -2.32. The highest BCUT2D eigenvalue weighted by atomic mass is 19.1. The number of halogens is 1. The van der Waals surface area contributed by atoms with E-state index in [1.54, 1.807) is 24.3 Å². The number of rotatable bonds is 7. The number of nitrogens with zero attached hydrogens (tertiary/aromatic N) is 1. The van der Waals surface area contributed by atoms with E-state index >= 15 is 0 Å². The van der Waals surface area contributed by atoms with Gasteiger partial charge in [0.25, 0.3) is 5.91 Å². The first-order valence-corrected chi connectivity index (χ1v) is 10.6. The van der Waals surface area contributed by atoms with Crippen molar-refractivity contribution < 1.29 is 18.7 Å². The zero-order chi connectivity index (χ0) is 20.9. The number of benzene rings is 2. The van der Waals surface area contributed by atoms with Crippen LogP contribution in [-0.4, -0.2) is 42.5 Å². The first-order valence-electron chi connectivity index (χ1n) is 10.6. The Hall–Kier alpha value is -2.89. The normalized spacial score (nSPS) is 18.7. The molecule has 0 radical (unpaired) electrons. The number of nitrogens with one attached hydrogen (secondary N) is 1. The van der Waals surface area contributed by atoms with Crippen molar-refractivity contribution in [2.75, 3.05) is 19.7 Å². The van der Waals surface area contributed by atoms with E-state index in [-0.39, 0.29) is 30.0 Å². The van der Waals surface area contributed by atoms with E-state index < -0.39 is 0 Å². The lowest BCUT2D eigenvalue weighted by Crippen LogP contribution is -2.42. The van der Waals surface area contributed by atoms with Gasteiger partial charge in [0.15, 0.2) is 0 Å². The molecule has 5 nitrogen and oxygen atoms in total. The van der Waals surface area contributed by atoms with Gasteiger partial charge in [0.05, 0.1) is 13.0 Å². The van der Waals surface area contributed by atoms with Crippen LogP contribution in [0.2, 0.25) is 0 Å². The Morgan fingerprint density at radius 3 is 2.47 bits per heavy atom. The summed E-state index contributed by atoms with van der Waals surface area (Å²) >= 11 is 0. The molecule has 2 aromatic rings. The predicted octanol–water partition coefficient (Wildman–Crippen LogP) is 3.58. The molecule has 0 bridgehead atoms. The number of hydrogen-bond acceptors (Lipinski definition) is 3. The summed E-state index contributed by atoms with van der Waals surface area (Å²) in [6, 6.07) is 13.6. The van der Waals surface area contributed by atoms with Gasteiger partial charge in [0.2, 0.25) is 5.91 Å². The van der Waals surface area contributed by atoms with E-state index in [0.717, 1.165) is 43.5 Å². The standard InChI is InChI=1S/C24H27FN2O3/c25-20-7-3-17(4-8-20)14-23(28)27-13-1-2-18(15-27)16-30-22-11-5-19(6-12-22)24(29)26-21-9-10-21/h3-8,11-12,18,21H,1-2,9-10,13-16H2,(H,26,29)/t18-/m0/s1. The van der Waals surface area contributed by atoms with Gasteiger partial charge in [0.1, 0.15) is 11.6 Å². The Balaban J connectivity index is 1.25. The predicted molar refractivity (Wildman–Crippen MR) is 112 cm³/mol. The maximum Gasteiger partial charge on any atom is 0.251 e. The molecule has 2 aliphatic rings. The fourth-order valence-electron chi connectivity index (χ4n) is 3.73. The molecule has 0 aromatic heterocycles. The molecule has 1 aliphatic heterocycles. The first kappa shape index (κ1) is 20.4. The Labute approximate surface area is 176 Å². The van der Waals surface area contributed by atoms with Gasteiger partial charge >= 0.3 is 0 Å². The Bertz CT molecular complexity index is 878. The van der Waals surface area contributed by atoms with Gasteiger partial charge in [-0.1, -0.05) is 12.1 Å². The quantitative estimate of drug-likeness (QED) is 0.759. The van der Waals surface area contributed by atoms with Crippen LogP contribution in [0.1, 0.15) is 41.6 Å². The molecule has 1 saturated carbocycles. The van der Waals surface area contributed by atoms with Crippen molar-refractivity contribution in [2.24, 2.45) is 5.92 Å². The largest absolute Gasteiger partial charge is 0.493 e. The van der Waals surface area contributed by atoms with Gasteiger partial charge in [-0.3, -0.25) is 9.59 Å². The number of carbonyl (C=O) groups excluding carboxylic acids is 2. The number of ether oxygens (including phenoxy) is 1. The van der Waals surface area contributed by atoms with Gasteiger partial charge in [-0.05, 0) is 67.6 Å². The van der Waals surface area contributed by atoms with Crippen LogP contribution in [0.5, 0.6) is 5.75 Å². The summed E-state index contributed by atoms with van der Waals surface area (Å²) in [5.74, 6) is 0.739. The minimum atomic E-state index is -0.294. The molecule has 1 aliphatic carbocycles. The van der Waals surface area contributed by atoms with E-state index in [1.165, 1.54) is 12.1 Å². The Morgan fingerprint density at radius 1 is 1.03 bits per heavy atom. The van der Waals surface area contributed by atoms with E-state index in [0.29, 0.717) is 24.8 Å². The molecule has 1 N–H and O–H groups in total. The van der Waals surface area contributed by atoms with Crippen molar-refractivity contribution in [3.05, 3.63) is 65.5 Å². The summed E-state index contributed by atoms with van der Waals surface area (Å²) in [5, 5.41) is 2.97. The maximum absolute atomic E-state index is 13.0. The molecule has 2 aromatic carbocycles. The van der Waals surface area contributed by atoms with E-state index in [4.69, 9.17) is 4.74 Å². The minimum Gasteiger partial charge on any atom is -0.493 e. The van der Waals surface area contributed by atoms with Crippen LogP contribution >= 0.6 is 0 Å². The van der Waals surface area contributed by atoms with Gasteiger partial charge < -0.3 is 15.0 Å². The van der Waals surface area contributed by atoms with Crippen LogP contribution < -0.4 is 10.1 Å². The maximum atomic E-state index is 13.0. The molecule has 1 saturated heterocycles. The molecule has 0 spiro atoms. The fourth-order valence-corrected chi connectivity index (χ4v) is 3.73. The lowest BCUT2D eigenvalue weighted by molar-refractivity contribution is -0.132. The van der Waals surface area contributed by atoms with Crippen LogP contribution in [0.4, 0.5) is 4.39 Å². The summed E-state index contributed by atoms with van der Waals surface area (Å²) in [4.78, 5) is 26.5. The third-order valence-electron chi connectivity index (χ3n) is 5.66. The zero-order valence-electron chi connectivity index (χ0n) is 17.0. The van der Waals surface area contributed by atoms with Gasteiger partial charge in [0, 0.05) is 30.6 Å². The van der Waals surface area contributed by atoms with Gasteiger partial charge in [-0.2, -0.15) is 0 Å². The lowest BCUT2D eigenvalue weighted by atomic mass is 9.98. The monoisotopic (exact) mass is 410 g/mol. The number of amides is 2. The zero-order valence-corrected chi connectivity index (χ0v) is 17.0. The van der Waals surface area contributed by atoms with E-state index in [9.17, 15) is 14.0 Å². The number of piperidine rings is 1. The summed E-state index contributed by atoms with van der Waals surface area (Å²) in [6.45, 7) is 1.96. The van der Waals surface area contributed by atoms with Crippen molar-refractivity contribution in [1.29, 1.82) is 0 Å². The first-order chi connectivity index (χ1) is 14.6. The van der Waals surface area contributed by atoms with Crippen LogP contribution in [0.3, 0.4) is 0 Å². The second-order valence-electron chi connectivity index (χ2n) is 8.23. The number of carbonyl (C=O) groups is 2. The van der Waals surface area contributed by atoms with Crippen LogP contribution in [0.15, 0.2) is 48.5 Å². The molecule has 2 fully saturated rings. The molecule has 6 heteroatoms. The number of hydrogen-bond donors (Lipinski definition) is 1. The number of likely N-dealkylation sites (tertiary alicyclic amines) is 1. The van der Waals surface area contributed by atoms with E-state index in [2.05, 4.69) is 5.32 Å². The Morgan fingerprint density at radius 2 is 1.77 bits per heavy atom. The van der Waals surface area contributed by atoms with Crippen LogP contribution in [0.25, 0.3) is 0 Å². The highest BCUT2D eigenvalue weighted by molar-refractivity contribution is 5.94. The smallest absolute Gasteiger partial charge is 0.251 e. The molecular weight excluding hydrogens is 383 g/mol. The molecule has 2 amide bonds. The second-order valence-corrected chi connectivity index (χ2v) is 8.23. The second kappa shape index (κ2) is 9.28. The molecule has 1 heterocycles. The molecule has 30 heavy (non-hydrogen) atoms. The Kier molecular flexibility index (Phi) is 6.31. The third-order valence-corrected chi connectivity index (χ3v) is 5.66. The minimum absolute atomic E-state index is 0.0355. The van der Waals surface area contributed by atoms with Crippen molar-refractivity contribution in [1.82, 2.24) is 10.2 Å². The molecule has 158 valence electrons. The van der Waals surface area contributed by atoms with Gasteiger partial charge in [-0.25, -0.2) is 4.39 Å². The average molecular weight is 410 g/mol. The summed E-state index contributed by atoms with van der Waals surface area (Å²) < 4.78 is 19.0. The van der Waals surface area contributed by atoms with E-state index in [1.807, 2.05) is 17.0 Å². The van der Waals surface area contributed by atoms with Crippen molar-refractivity contribution in [2.45, 2.75) is 38.1 Å². The van der Waals surface area contributed by atoms with Crippen molar-refractivity contribution in [3.8, 4) is 5.75 Å². The van der Waals surface area contributed by atoms with Crippen molar-refractivity contribution >= 4 is 11.8 Å². The SMILES string of the molecule is O=C(NC1CC1)c1ccc(OC[C@H]2CCCN(C(=O)Cc3ccc(F)cc3)C2)cc1. The third kappa shape index (κ3) is 5.59. The highest BCUT2D eigenvalue weighted by Crippen LogP contribution is 2.22. The summed E-state index contributed by atoms with van der Waals surface area (Å²) in [5.41, 5.74) is 1.47. The molecular formula is C24H27FN2O3. The topological polar surface area (TPSA) is 58.6 Å². The summed E-state index contributed by atoms with van der Waals surface area (Å²) in [7, 11) is 0. The highest BCUT2D eigenvalue weighted by Gasteiger charge is 2.25.